The van der Waals surface area contributed by atoms with Crippen LogP contribution in [0.1, 0.15) is 17.5 Å². The van der Waals surface area contributed by atoms with Gasteiger partial charge in [0, 0.05) is 18.7 Å². The number of nitrogens with one attached hydrogen (secondary N) is 1. The average Bonchev–Trinajstić information content (AvgIpc) is 2.51. The van der Waals surface area contributed by atoms with E-state index in [1.807, 2.05) is 38.1 Å². The van der Waals surface area contributed by atoms with E-state index in [0.717, 1.165) is 23.1 Å². The van der Waals surface area contributed by atoms with Gasteiger partial charge in [-0.05, 0) is 37.1 Å². The van der Waals surface area contributed by atoms with Crippen molar-refractivity contribution in [1.29, 1.82) is 0 Å². The number of hydrogen-bond donors (Lipinski definition) is 1. The summed E-state index contributed by atoms with van der Waals surface area (Å²) in [7, 11) is -3.45. The van der Waals surface area contributed by atoms with Crippen molar-refractivity contribution in [3.8, 4) is 0 Å². The molecular formula is C18H22N2O3S. The molecule has 2 aromatic rings. The highest BCUT2D eigenvalue weighted by atomic mass is 32.2. The van der Waals surface area contributed by atoms with Crippen LogP contribution in [0.3, 0.4) is 0 Å². The smallest absolute Gasteiger partial charge is 0.232 e. The fourth-order valence-corrected chi connectivity index (χ4v) is 3.42. The van der Waals surface area contributed by atoms with Crippen molar-refractivity contribution in [3.63, 3.8) is 0 Å². The number of sulfonamides is 1. The van der Waals surface area contributed by atoms with Crippen molar-refractivity contribution < 1.29 is 13.2 Å². The van der Waals surface area contributed by atoms with Crippen molar-refractivity contribution in [2.24, 2.45) is 0 Å². The van der Waals surface area contributed by atoms with Gasteiger partial charge in [0.2, 0.25) is 15.9 Å². The summed E-state index contributed by atoms with van der Waals surface area (Å²) < 4.78 is 25.3. The van der Waals surface area contributed by atoms with Crippen LogP contribution in [0.4, 0.5) is 11.4 Å². The second-order valence-corrected chi connectivity index (χ2v) is 7.64. The molecule has 0 aliphatic heterocycles. The molecule has 2 rings (SSSR count). The largest absolute Gasteiger partial charge is 0.326 e. The number of hydrogen-bond acceptors (Lipinski definition) is 3. The van der Waals surface area contributed by atoms with E-state index in [0.29, 0.717) is 5.69 Å². The Hall–Kier alpha value is -2.34. The molecule has 0 aliphatic rings. The molecule has 128 valence electrons. The van der Waals surface area contributed by atoms with Gasteiger partial charge in [-0.1, -0.05) is 36.4 Å². The monoisotopic (exact) mass is 346 g/mol. The molecule has 0 atom stereocenters. The zero-order valence-electron chi connectivity index (χ0n) is 14.1. The van der Waals surface area contributed by atoms with Crippen LogP contribution in [0, 0.1) is 13.8 Å². The average molecular weight is 346 g/mol. The molecule has 0 saturated heterocycles. The summed E-state index contributed by atoms with van der Waals surface area (Å²) in [6.45, 7) is 3.95. The first kappa shape index (κ1) is 18.0. The summed E-state index contributed by atoms with van der Waals surface area (Å²) >= 11 is 0. The van der Waals surface area contributed by atoms with E-state index < -0.39 is 10.0 Å². The summed E-state index contributed by atoms with van der Waals surface area (Å²) in [4.78, 5) is 12.2. The second-order valence-electron chi connectivity index (χ2n) is 5.74. The molecule has 0 radical (unpaired) electrons. The third kappa shape index (κ3) is 4.58. The van der Waals surface area contributed by atoms with Gasteiger partial charge >= 0.3 is 0 Å². The van der Waals surface area contributed by atoms with Crippen LogP contribution in [-0.4, -0.2) is 27.1 Å². The highest BCUT2D eigenvalue weighted by Crippen LogP contribution is 2.20. The van der Waals surface area contributed by atoms with Crippen LogP contribution in [0.2, 0.25) is 0 Å². The van der Waals surface area contributed by atoms with Gasteiger partial charge < -0.3 is 5.32 Å². The van der Waals surface area contributed by atoms with Crippen molar-refractivity contribution >= 4 is 27.3 Å². The Balaban J connectivity index is 2.08. The molecule has 0 bridgehead atoms. The van der Waals surface area contributed by atoms with Gasteiger partial charge in [-0.15, -0.1) is 0 Å². The Morgan fingerprint density at radius 2 is 1.58 bits per heavy atom. The van der Waals surface area contributed by atoms with E-state index in [9.17, 15) is 13.2 Å². The first-order valence-corrected chi connectivity index (χ1v) is 9.52. The van der Waals surface area contributed by atoms with Gasteiger partial charge in [-0.2, -0.15) is 0 Å². The second kappa shape index (κ2) is 7.49. The SMILES string of the molecule is Cc1cccc(C)c1NC(=O)CCN(c1ccccc1)S(C)(=O)=O. The minimum Gasteiger partial charge on any atom is -0.326 e. The lowest BCUT2D eigenvalue weighted by Gasteiger charge is -2.22. The van der Waals surface area contributed by atoms with E-state index in [-0.39, 0.29) is 18.9 Å². The Labute approximate surface area is 143 Å². The van der Waals surface area contributed by atoms with Crippen LogP contribution in [0.25, 0.3) is 0 Å². The van der Waals surface area contributed by atoms with Crippen molar-refractivity contribution in [2.45, 2.75) is 20.3 Å². The van der Waals surface area contributed by atoms with Gasteiger partial charge in [0.1, 0.15) is 0 Å². The quantitative estimate of drug-likeness (QED) is 0.874. The predicted octanol–water partition coefficient (Wildman–Crippen LogP) is 3.10. The minimum absolute atomic E-state index is 0.0791. The van der Waals surface area contributed by atoms with Gasteiger partial charge in [0.25, 0.3) is 0 Å². The molecule has 6 heteroatoms. The zero-order chi connectivity index (χ0) is 17.7. The van der Waals surface area contributed by atoms with Crippen LogP contribution in [0.5, 0.6) is 0 Å². The minimum atomic E-state index is -3.45. The lowest BCUT2D eigenvalue weighted by molar-refractivity contribution is -0.116. The van der Waals surface area contributed by atoms with E-state index >= 15 is 0 Å². The van der Waals surface area contributed by atoms with Crippen LogP contribution in [-0.2, 0) is 14.8 Å². The predicted molar refractivity (Wildman–Crippen MR) is 97.8 cm³/mol. The van der Waals surface area contributed by atoms with Gasteiger partial charge in [0.05, 0.1) is 11.9 Å². The summed E-state index contributed by atoms with van der Waals surface area (Å²) in [6, 6.07) is 14.6. The molecule has 0 spiro atoms. The standard InChI is InChI=1S/C18H22N2O3S/c1-14-8-7-9-15(2)18(14)19-17(21)12-13-20(24(3,22)23)16-10-5-4-6-11-16/h4-11H,12-13H2,1-3H3,(H,19,21). The van der Waals surface area contributed by atoms with Gasteiger partial charge in [-0.3, -0.25) is 9.10 Å². The number of carbonyl (C=O) groups is 1. The topological polar surface area (TPSA) is 66.5 Å². The lowest BCUT2D eigenvalue weighted by Crippen LogP contribution is -2.33. The number of aryl methyl sites for hydroxylation is 2. The van der Waals surface area contributed by atoms with Crippen LogP contribution < -0.4 is 9.62 Å². The summed E-state index contributed by atoms with van der Waals surface area (Å²) in [5.74, 6) is -0.211. The third-order valence-electron chi connectivity index (χ3n) is 3.73. The fraction of sp³-hybridized carbons (Fsp3) is 0.278. The molecule has 1 amide bonds. The van der Waals surface area contributed by atoms with Crippen LogP contribution >= 0.6 is 0 Å². The first-order chi connectivity index (χ1) is 11.3. The summed E-state index contributed by atoms with van der Waals surface area (Å²) in [5, 5.41) is 2.88. The molecule has 2 aromatic carbocycles. The Morgan fingerprint density at radius 3 is 2.12 bits per heavy atom. The highest BCUT2D eigenvalue weighted by Gasteiger charge is 2.18. The van der Waals surface area contributed by atoms with Crippen molar-refractivity contribution in [3.05, 3.63) is 59.7 Å². The highest BCUT2D eigenvalue weighted by molar-refractivity contribution is 7.92. The molecule has 5 nitrogen and oxygen atoms in total. The van der Waals surface area contributed by atoms with Gasteiger partial charge in [0.15, 0.2) is 0 Å². The maximum absolute atomic E-state index is 12.2. The molecule has 0 fully saturated rings. The van der Waals surface area contributed by atoms with E-state index in [4.69, 9.17) is 0 Å². The van der Waals surface area contributed by atoms with Crippen LogP contribution in [0.15, 0.2) is 48.5 Å². The first-order valence-electron chi connectivity index (χ1n) is 7.68. The van der Waals surface area contributed by atoms with Crippen molar-refractivity contribution in [1.82, 2.24) is 0 Å². The fourth-order valence-electron chi connectivity index (χ4n) is 2.50. The number of rotatable bonds is 6. The molecule has 0 unspecified atom stereocenters. The number of anilines is 2. The molecule has 0 saturated carbocycles. The maximum Gasteiger partial charge on any atom is 0.232 e. The Bertz CT molecular complexity index is 797. The van der Waals surface area contributed by atoms with Crippen molar-refractivity contribution in [2.75, 3.05) is 22.4 Å². The number of benzene rings is 2. The number of nitrogens with zero attached hydrogens (tertiary/aromatic N) is 1. The van der Waals surface area contributed by atoms with E-state index in [1.165, 1.54) is 4.31 Å². The maximum atomic E-state index is 12.2. The van der Waals surface area contributed by atoms with Gasteiger partial charge in [-0.25, -0.2) is 8.42 Å². The third-order valence-corrected chi connectivity index (χ3v) is 4.93. The Morgan fingerprint density at radius 1 is 1.00 bits per heavy atom. The van der Waals surface area contributed by atoms with E-state index in [1.54, 1.807) is 24.3 Å². The molecule has 0 aliphatic carbocycles. The molecule has 0 heterocycles. The number of carbonyl (C=O) groups excluding carboxylic acids is 1. The summed E-state index contributed by atoms with van der Waals surface area (Å²) in [5.41, 5.74) is 3.30. The Kier molecular flexibility index (Phi) is 5.62. The normalized spacial score (nSPS) is 11.1. The number of para-hydroxylation sites is 2. The molecule has 1 N–H and O–H groups in total. The summed E-state index contributed by atoms with van der Waals surface area (Å²) in [6.07, 6.45) is 1.22. The molecular weight excluding hydrogens is 324 g/mol. The molecule has 0 aromatic heterocycles. The number of amides is 1. The molecule has 24 heavy (non-hydrogen) atoms. The lowest BCUT2D eigenvalue weighted by atomic mass is 10.1. The van der Waals surface area contributed by atoms with E-state index in [2.05, 4.69) is 5.32 Å². The zero-order valence-corrected chi connectivity index (χ0v) is 14.9.